The van der Waals surface area contributed by atoms with Gasteiger partial charge in [-0.25, -0.2) is 13.4 Å². The van der Waals surface area contributed by atoms with E-state index in [4.69, 9.17) is 0 Å². The Kier molecular flexibility index (Phi) is 4.22. The molecule has 0 saturated carbocycles. The summed E-state index contributed by atoms with van der Waals surface area (Å²) in [4.78, 5) is 13.1. The fraction of sp³-hybridized carbons (Fsp3) is 0.714. The molecule has 3 heterocycles. The third kappa shape index (κ3) is 3.03. The quantitative estimate of drug-likeness (QED) is 0.828. The predicted octanol–water partition coefficient (Wildman–Crippen LogP) is -0.102. The summed E-state index contributed by atoms with van der Waals surface area (Å²) >= 11 is 0. The minimum Gasteiger partial charge on any atom is -0.350 e. The minimum absolute atomic E-state index is 0.00513. The molecule has 1 N–H and O–H groups in total. The Hall–Kier alpha value is -1.41. The molecule has 2 atom stereocenters. The summed E-state index contributed by atoms with van der Waals surface area (Å²) in [5.41, 5.74) is 0. The summed E-state index contributed by atoms with van der Waals surface area (Å²) in [6.07, 6.45) is 2.78. The van der Waals surface area contributed by atoms with Crippen LogP contribution in [0.4, 0.5) is 11.8 Å². The maximum absolute atomic E-state index is 11.9. The van der Waals surface area contributed by atoms with Crippen molar-refractivity contribution >= 4 is 21.6 Å². The highest BCUT2D eigenvalue weighted by molar-refractivity contribution is 7.91. The number of rotatable bonds is 4. The van der Waals surface area contributed by atoms with Gasteiger partial charge in [0, 0.05) is 38.9 Å². The fourth-order valence-electron chi connectivity index (χ4n) is 3.27. The summed E-state index contributed by atoms with van der Waals surface area (Å²) in [7, 11) is -0.987. The van der Waals surface area contributed by atoms with Crippen LogP contribution in [0.2, 0.25) is 0 Å². The van der Waals surface area contributed by atoms with Crippen molar-refractivity contribution in [1.82, 2.24) is 15.3 Å². The lowest BCUT2D eigenvalue weighted by Crippen LogP contribution is -2.57. The zero-order valence-electron chi connectivity index (χ0n) is 13.1. The molecule has 1 aromatic rings. The van der Waals surface area contributed by atoms with E-state index in [2.05, 4.69) is 27.1 Å². The predicted molar refractivity (Wildman–Crippen MR) is 87.2 cm³/mol. The molecule has 0 amide bonds. The van der Waals surface area contributed by atoms with Crippen molar-refractivity contribution in [2.75, 3.05) is 48.0 Å². The van der Waals surface area contributed by atoms with E-state index in [9.17, 15) is 8.42 Å². The lowest BCUT2D eigenvalue weighted by molar-refractivity contribution is 0.422. The van der Waals surface area contributed by atoms with Gasteiger partial charge in [0.2, 0.25) is 5.95 Å². The molecule has 0 aliphatic carbocycles. The van der Waals surface area contributed by atoms with Crippen LogP contribution in [0.25, 0.3) is 0 Å². The van der Waals surface area contributed by atoms with Crippen LogP contribution in [0, 0.1) is 0 Å². The van der Waals surface area contributed by atoms with Gasteiger partial charge in [0.15, 0.2) is 9.84 Å². The summed E-state index contributed by atoms with van der Waals surface area (Å²) in [6, 6.07) is 1.85. The monoisotopic (exact) mass is 325 g/mol. The lowest BCUT2D eigenvalue weighted by Gasteiger charge is -2.38. The van der Waals surface area contributed by atoms with Crippen molar-refractivity contribution < 1.29 is 8.42 Å². The zero-order chi connectivity index (χ0) is 15.7. The van der Waals surface area contributed by atoms with Gasteiger partial charge in [-0.05, 0) is 12.5 Å². The largest absolute Gasteiger partial charge is 0.350 e. The van der Waals surface area contributed by atoms with Gasteiger partial charge in [-0.3, -0.25) is 0 Å². The van der Waals surface area contributed by atoms with Crippen molar-refractivity contribution in [2.24, 2.45) is 0 Å². The first kappa shape index (κ1) is 15.5. The smallest absolute Gasteiger partial charge is 0.226 e. The average Bonchev–Trinajstić information content (AvgIpc) is 2.81. The highest BCUT2D eigenvalue weighted by Gasteiger charge is 2.43. The molecule has 2 aliphatic heterocycles. The molecule has 2 aliphatic rings. The molecule has 2 fully saturated rings. The number of hydrogen-bond donors (Lipinski definition) is 1. The number of anilines is 2. The molecule has 122 valence electrons. The topological polar surface area (TPSA) is 78.4 Å². The molecular weight excluding hydrogens is 302 g/mol. The first-order valence-electron chi connectivity index (χ1n) is 7.75. The fourth-order valence-corrected chi connectivity index (χ4v) is 5.23. The van der Waals surface area contributed by atoms with Gasteiger partial charge >= 0.3 is 0 Å². The number of aromatic nitrogens is 2. The molecule has 22 heavy (non-hydrogen) atoms. The maximum atomic E-state index is 11.9. The van der Waals surface area contributed by atoms with Crippen molar-refractivity contribution in [3.63, 3.8) is 0 Å². The second-order valence-corrected chi connectivity index (χ2v) is 8.19. The summed E-state index contributed by atoms with van der Waals surface area (Å²) in [6.45, 7) is 4.56. The van der Waals surface area contributed by atoms with Crippen LogP contribution in [-0.4, -0.2) is 68.7 Å². The minimum atomic E-state index is -2.96. The van der Waals surface area contributed by atoms with E-state index < -0.39 is 9.84 Å². The van der Waals surface area contributed by atoms with Crippen molar-refractivity contribution in [3.8, 4) is 0 Å². The molecule has 0 radical (unpaired) electrons. The van der Waals surface area contributed by atoms with Crippen LogP contribution in [0.1, 0.15) is 13.3 Å². The van der Waals surface area contributed by atoms with Crippen molar-refractivity contribution in [2.45, 2.75) is 25.4 Å². The second-order valence-electron chi connectivity index (χ2n) is 6.03. The summed E-state index contributed by atoms with van der Waals surface area (Å²) in [5.74, 6) is 1.94. The molecule has 7 nitrogen and oxygen atoms in total. The SMILES string of the molecule is CCCN(C)c1nccc(N2CCN[C@@H]3CS(=O)(=O)C[C@@H]32)n1. The zero-order valence-corrected chi connectivity index (χ0v) is 13.9. The van der Waals surface area contributed by atoms with E-state index >= 15 is 0 Å². The normalized spacial score (nSPS) is 26.7. The number of nitrogens with zero attached hydrogens (tertiary/aromatic N) is 4. The van der Waals surface area contributed by atoms with Crippen molar-refractivity contribution in [1.29, 1.82) is 0 Å². The highest BCUT2D eigenvalue weighted by Crippen LogP contribution is 2.26. The molecule has 0 unspecified atom stereocenters. The van der Waals surface area contributed by atoms with Crippen LogP contribution in [0.3, 0.4) is 0 Å². The highest BCUT2D eigenvalue weighted by atomic mass is 32.2. The molecule has 0 spiro atoms. The van der Waals surface area contributed by atoms with Gasteiger partial charge in [-0.2, -0.15) is 4.98 Å². The van der Waals surface area contributed by atoms with Gasteiger partial charge in [0.25, 0.3) is 0 Å². The van der Waals surface area contributed by atoms with Gasteiger partial charge in [-0.1, -0.05) is 6.92 Å². The van der Waals surface area contributed by atoms with E-state index in [1.807, 2.05) is 18.0 Å². The number of nitrogens with one attached hydrogen (secondary N) is 1. The van der Waals surface area contributed by atoms with E-state index in [0.29, 0.717) is 5.95 Å². The van der Waals surface area contributed by atoms with Crippen LogP contribution in [0.15, 0.2) is 12.3 Å². The van der Waals surface area contributed by atoms with E-state index in [-0.39, 0.29) is 23.6 Å². The van der Waals surface area contributed by atoms with Gasteiger partial charge < -0.3 is 15.1 Å². The van der Waals surface area contributed by atoms with Crippen LogP contribution in [-0.2, 0) is 9.84 Å². The molecule has 1 aromatic heterocycles. The first-order valence-corrected chi connectivity index (χ1v) is 9.57. The first-order chi connectivity index (χ1) is 10.5. The maximum Gasteiger partial charge on any atom is 0.226 e. The van der Waals surface area contributed by atoms with Crippen LogP contribution < -0.4 is 15.1 Å². The molecule has 0 bridgehead atoms. The number of hydrogen-bond acceptors (Lipinski definition) is 7. The molecule has 8 heteroatoms. The number of fused-ring (bicyclic) bond motifs is 1. The molecule has 2 saturated heterocycles. The van der Waals surface area contributed by atoms with Crippen LogP contribution in [0.5, 0.6) is 0 Å². The average molecular weight is 325 g/mol. The Morgan fingerprint density at radius 1 is 1.45 bits per heavy atom. The van der Waals surface area contributed by atoms with E-state index in [1.54, 1.807) is 6.20 Å². The Balaban J connectivity index is 1.85. The number of sulfone groups is 1. The Bertz CT molecular complexity index is 636. The lowest BCUT2D eigenvalue weighted by atomic mass is 10.1. The standard InChI is InChI=1S/C14H23N5O2S/c1-3-7-18(2)14-16-5-4-13(17-14)19-8-6-15-11-9-22(20,21)10-12(11)19/h4-5,11-12,15H,3,6-10H2,1-2H3/t11-,12+/m1/s1. The Morgan fingerprint density at radius 2 is 2.27 bits per heavy atom. The third-order valence-electron chi connectivity index (χ3n) is 4.31. The van der Waals surface area contributed by atoms with E-state index in [1.165, 1.54) is 0 Å². The Morgan fingerprint density at radius 3 is 3.05 bits per heavy atom. The summed E-state index contributed by atoms with van der Waals surface area (Å²) in [5, 5.41) is 3.32. The van der Waals surface area contributed by atoms with Crippen molar-refractivity contribution in [3.05, 3.63) is 12.3 Å². The van der Waals surface area contributed by atoms with Crippen LogP contribution >= 0.6 is 0 Å². The van der Waals surface area contributed by atoms with Gasteiger partial charge in [0.1, 0.15) is 5.82 Å². The van der Waals surface area contributed by atoms with Gasteiger partial charge in [-0.15, -0.1) is 0 Å². The Labute approximate surface area is 131 Å². The molecular formula is C14H23N5O2S. The number of piperazine rings is 1. The molecule has 3 rings (SSSR count). The summed E-state index contributed by atoms with van der Waals surface area (Å²) < 4.78 is 23.9. The van der Waals surface area contributed by atoms with Gasteiger partial charge in [0.05, 0.1) is 17.5 Å². The second kappa shape index (κ2) is 6.00. The van der Waals surface area contributed by atoms with E-state index in [0.717, 1.165) is 31.9 Å². The molecule has 0 aromatic carbocycles. The third-order valence-corrected chi connectivity index (χ3v) is 6.02.